The van der Waals surface area contributed by atoms with E-state index in [1.165, 1.54) is 12.8 Å². The minimum absolute atomic E-state index is 0.733. The lowest BCUT2D eigenvalue weighted by Crippen LogP contribution is -2.15. The van der Waals surface area contributed by atoms with Crippen LogP contribution in [-0.2, 0) is 6.54 Å². The van der Waals surface area contributed by atoms with Crippen LogP contribution >= 0.6 is 39.1 Å². The standard InChI is InChI=1S/C11H14BrCl2N/c12-5-1-2-6-15-8-9-7-10(13)3-4-11(9)14/h3-4,7,15H,1-2,5-6,8H2. The van der Waals surface area contributed by atoms with Crippen LogP contribution in [0, 0.1) is 0 Å². The van der Waals surface area contributed by atoms with Gasteiger partial charge in [-0.25, -0.2) is 0 Å². The van der Waals surface area contributed by atoms with Crippen LogP contribution in [0.25, 0.3) is 0 Å². The summed E-state index contributed by atoms with van der Waals surface area (Å²) in [5.41, 5.74) is 1.06. The number of hydrogen-bond acceptors (Lipinski definition) is 1. The molecule has 0 spiro atoms. The summed E-state index contributed by atoms with van der Waals surface area (Å²) in [4.78, 5) is 0. The number of halogens is 3. The number of unbranched alkanes of at least 4 members (excludes halogenated alkanes) is 1. The summed E-state index contributed by atoms with van der Waals surface area (Å²) in [6.45, 7) is 1.79. The predicted octanol–water partition coefficient (Wildman–Crippen LogP) is 4.26. The Kier molecular flexibility index (Phi) is 6.66. The second kappa shape index (κ2) is 7.50. The molecule has 0 aliphatic rings. The molecule has 4 heteroatoms. The zero-order chi connectivity index (χ0) is 11.1. The normalized spacial score (nSPS) is 10.6. The summed E-state index contributed by atoms with van der Waals surface area (Å²) in [5, 5.41) is 5.91. The zero-order valence-electron chi connectivity index (χ0n) is 8.40. The van der Waals surface area contributed by atoms with E-state index in [-0.39, 0.29) is 0 Å². The Balaban J connectivity index is 2.33. The molecule has 15 heavy (non-hydrogen) atoms. The molecule has 0 saturated heterocycles. The Morgan fingerprint density at radius 1 is 1.20 bits per heavy atom. The molecule has 1 aromatic carbocycles. The maximum Gasteiger partial charge on any atom is 0.0451 e. The van der Waals surface area contributed by atoms with Gasteiger partial charge in [0.15, 0.2) is 0 Å². The van der Waals surface area contributed by atoms with Crippen molar-refractivity contribution in [1.82, 2.24) is 5.32 Å². The molecule has 0 heterocycles. The molecule has 0 fully saturated rings. The summed E-state index contributed by atoms with van der Waals surface area (Å²) in [7, 11) is 0. The van der Waals surface area contributed by atoms with Crippen molar-refractivity contribution in [2.24, 2.45) is 0 Å². The summed E-state index contributed by atoms with van der Waals surface area (Å²) in [6.07, 6.45) is 2.36. The third kappa shape index (κ3) is 5.21. The third-order valence-corrected chi connectivity index (χ3v) is 3.22. The third-order valence-electron chi connectivity index (χ3n) is 2.06. The average Bonchev–Trinajstić information content (AvgIpc) is 2.23. The molecule has 0 aliphatic carbocycles. The highest BCUT2D eigenvalue weighted by Gasteiger charge is 2.00. The summed E-state index contributed by atoms with van der Waals surface area (Å²) in [5.74, 6) is 0. The molecule has 1 rings (SSSR count). The van der Waals surface area contributed by atoms with E-state index in [1.807, 2.05) is 12.1 Å². The van der Waals surface area contributed by atoms with Gasteiger partial charge in [0.05, 0.1) is 0 Å². The highest BCUT2D eigenvalue weighted by Crippen LogP contribution is 2.20. The molecule has 1 nitrogen and oxygen atoms in total. The highest BCUT2D eigenvalue weighted by atomic mass is 79.9. The molecule has 0 aromatic heterocycles. The molecule has 0 amide bonds. The second-order valence-electron chi connectivity index (χ2n) is 3.31. The quantitative estimate of drug-likeness (QED) is 0.611. The first kappa shape index (κ1) is 13.3. The summed E-state index contributed by atoms with van der Waals surface area (Å²) < 4.78 is 0. The molecule has 0 atom stereocenters. The Morgan fingerprint density at radius 2 is 2.00 bits per heavy atom. The first-order valence-electron chi connectivity index (χ1n) is 4.94. The van der Waals surface area contributed by atoms with E-state index in [1.54, 1.807) is 6.07 Å². The van der Waals surface area contributed by atoms with E-state index in [4.69, 9.17) is 23.2 Å². The first-order valence-corrected chi connectivity index (χ1v) is 6.82. The fourth-order valence-corrected chi connectivity index (χ4v) is 2.02. The van der Waals surface area contributed by atoms with E-state index in [0.29, 0.717) is 0 Å². The number of rotatable bonds is 6. The number of nitrogens with one attached hydrogen (secondary N) is 1. The van der Waals surface area contributed by atoms with Crippen LogP contribution in [0.1, 0.15) is 18.4 Å². The summed E-state index contributed by atoms with van der Waals surface area (Å²) in [6, 6.07) is 5.54. The lowest BCUT2D eigenvalue weighted by molar-refractivity contribution is 0.645. The largest absolute Gasteiger partial charge is 0.313 e. The fourth-order valence-electron chi connectivity index (χ4n) is 1.25. The van der Waals surface area contributed by atoms with Gasteiger partial charge in [-0.05, 0) is 43.1 Å². The van der Waals surface area contributed by atoms with Gasteiger partial charge in [0.1, 0.15) is 0 Å². The minimum Gasteiger partial charge on any atom is -0.313 e. The Bertz CT molecular complexity index is 305. The van der Waals surface area contributed by atoms with Crippen molar-refractivity contribution < 1.29 is 0 Å². The van der Waals surface area contributed by atoms with Crippen molar-refractivity contribution in [1.29, 1.82) is 0 Å². The van der Waals surface area contributed by atoms with E-state index >= 15 is 0 Å². The van der Waals surface area contributed by atoms with Crippen LogP contribution in [0.4, 0.5) is 0 Å². The van der Waals surface area contributed by atoms with E-state index < -0.39 is 0 Å². The molecule has 1 N–H and O–H groups in total. The molecule has 1 aromatic rings. The van der Waals surface area contributed by atoms with Gasteiger partial charge in [-0.3, -0.25) is 0 Å². The molecule has 0 unspecified atom stereocenters. The van der Waals surface area contributed by atoms with Crippen molar-refractivity contribution in [3.8, 4) is 0 Å². The minimum atomic E-state index is 0.733. The Morgan fingerprint density at radius 3 is 2.73 bits per heavy atom. The maximum absolute atomic E-state index is 6.03. The van der Waals surface area contributed by atoms with E-state index in [0.717, 1.165) is 34.0 Å². The predicted molar refractivity (Wildman–Crippen MR) is 71.2 cm³/mol. The number of benzene rings is 1. The van der Waals surface area contributed by atoms with Crippen molar-refractivity contribution in [2.75, 3.05) is 11.9 Å². The van der Waals surface area contributed by atoms with Crippen LogP contribution in [0.3, 0.4) is 0 Å². The molecule has 0 bridgehead atoms. The lowest BCUT2D eigenvalue weighted by Gasteiger charge is -2.06. The van der Waals surface area contributed by atoms with Crippen molar-refractivity contribution in [3.05, 3.63) is 33.8 Å². The monoisotopic (exact) mass is 309 g/mol. The maximum atomic E-state index is 6.03. The van der Waals surface area contributed by atoms with Crippen LogP contribution in [-0.4, -0.2) is 11.9 Å². The smallest absolute Gasteiger partial charge is 0.0451 e. The van der Waals surface area contributed by atoms with Crippen molar-refractivity contribution in [3.63, 3.8) is 0 Å². The number of hydrogen-bond donors (Lipinski definition) is 1. The topological polar surface area (TPSA) is 12.0 Å². The molecule has 0 radical (unpaired) electrons. The van der Waals surface area contributed by atoms with Crippen LogP contribution in [0.15, 0.2) is 18.2 Å². The van der Waals surface area contributed by atoms with Crippen molar-refractivity contribution >= 4 is 39.1 Å². The average molecular weight is 311 g/mol. The van der Waals surface area contributed by atoms with Gasteiger partial charge in [0.25, 0.3) is 0 Å². The Labute approximate surface area is 109 Å². The highest BCUT2D eigenvalue weighted by molar-refractivity contribution is 9.09. The molecule has 0 saturated carbocycles. The van der Waals surface area contributed by atoms with Gasteiger partial charge in [-0.15, -0.1) is 0 Å². The summed E-state index contributed by atoms with van der Waals surface area (Å²) >= 11 is 15.3. The van der Waals surface area contributed by atoms with Crippen molar-refractivity contribution in [2.45, 2.75) is 19.4 Å². The SMILES string of the molecule is Clc1ccc(Cl)c(CNCCCCBr)c1. The van der Waals surface area contributed by atoms with Crippen LogP contribution in [0.5, 0.6) is 0 Å². The fraction of sp³-hybridized carbons (Fsp3) is 0.455. The second-order valence-corrected chi connectivity index (χ2v) is 4.95. The van der Waals surface area contributed by atoms with Gasteiger partial charge in [-0.2, -0.15) is 0 Å². The number of alkyl halides is 1. The molecule has 0 aliphatic heterocycles. The molecule has 84 valence electrons. The Hall–Kier alpha value is 0.240. The van der Waals surface area contributed by atoms with E-state index in [2.05, 4.69) is 21.2 Å². The van der Waals surface area contributed by atoms with Gasteiger partial charge < -0.3 is 5.32 Å². The molecular formula is C11H14BrCl2N. The van der Waals surface area contributed by atoms with Crippen LogP contribution in [0.2, 0.25) is 10.0 Å². The lowest BCUT2D eigenvalue weighted by atomic mass is 10.2. The zero-order valence-corrected chi connectivity index (χ0v) is 11.5. The van der Waals surface area contributed by atoms with Gasteiger partial charge in [-0.1, -0.05) is 39.1 Å². The van der Waals surface area contributed by atoms with Gasteiger partial charge >= 0.3 is 0 Å². The van der Waals surface area contributed by atoms with Gasteiger partial charge in [0.2, 0.25) is 0 Å². The molecular weight excluding hydrogens is 297 g/mol. The van der Waals surface area contributed by atoms with Gasteiger partial charge in [0, 0.05) is 21.9 Å². The van der Waals surface area contributed by atoms with E-state index in [9.17, 15) is 0 Å². The van der Waals surface area contributed by atoms with Crippen LogP contribution < -0.4 is 5.32 Å². The first-order chi connectivity index (χ1) is 7.24.